The van der Waals surface area contributed by atoms with Gasteiger partial charge in [-0.2, -0.15) is 0 Å². The van der Waals surface area contributed by atoms with Crippen molar-refractivity contribution >= 4 is 61.4 Å². The maximum atomic E-state index is 14.0. The second-order valence-electron chi connectivity index (χ2n) is 12.9. The van der Waals surface area contributed by atoms with E-state index in [0.717, 1.165) is 49.0 Å². The highest BCUT2D eigenvalue weighted by Gasteiger charge is 2.36. The van der Waals surface area contributed by atoms with E-state index < -0.39 is 12.2 Å². The summed E-state index contributed by atoms with van der Waals surface area (Å²) in [6, 6.07) is 11.4. The van der Waals surface area contributed by atoms with Crippen molar-refractivity contribution in [3.05, 3.63) is 56.5 Å². The Morgan fingerprint density at radius 1 is 0.894 bits per heavy atom. The Bertz CT molecular complexity index is 1480. The van der Waals surface area contributed by atoms with Crippen LogP contribution < -0.4 is 5.32 Å². The van der Waals surface area contributed by atoms with E-state index in [1.54, 1.807) is 21.9 Å². The third-order valence-electron chi connectivity index (χ3n) is 9.89. The Morgan fingerprint density at radius 3 is 2.26 bits per heavy atom. The lowest BCUT2D eigenvalue weighted by atomic mass is 9.98. The molecule has 1 atom stereocenters. The highest BCUT2D eigenvalue weighted by molar-refractivity contribution is 9.11. The van der Waals surface area contributed by atoms with Gasteiger partial charge in [-0.15, -0.1) is 0 Å². The first-order valence-electron chi connectivity index (χ1n) is 16.5. The Balaban J connectivity index is 1.09. The summed E-state index contributed by atoms with van der Waals surface area (Å²) >= 11 is 6.73. The van der Waals surface area contributed by atoms with E-state index in [9.17, 15) is 24.3 Å². The summed E-state index contributed by atoms with van der Waals surface area (Å²) in [5.41, 5.74) is 2.68. The Hall–Kier alpha value is -3.16. The molecule has 252 valence electrons. The minimum Gasteiger partial charge on any atom is -0.506 e. The molecule has 6 rings (SSSR count). The number of fused-ring (bicyclic) bond motifs is 1. The van der Waals surface area contributed by atoms with Crippen molar-refractivity contribution in [2.24, 2.45) is 0 Å². The van der Waals surface area contributed by atoms with Gasteiger partial charge in [-0.05, 0) is 106 Å². The lowest BCUT2D eigenvalue weighted by Gasteiger charge is -2.40. The molecule has 0 unspecified atom stereocenters. The average Bonchev–Trinajstić information content (AvgIpc) is 3.24. The number of nitrogens with zero attached hydrogens (tertiary/aromatic N) is 4. The molecule has 13 heteroatoms. The zero-order valence-corrected chi connectivity index (χ0v) is 29.5. The van der Waals surface area contributed by atoms with Crippen LogP contribution in [-0.2, 0) is 27.2 Å². The zero-order valence-electron chi connectivity index (χ0n) is 26.3. The van der Waals surface area contributed by atoms with Crippen molar-refractivity contribution in [3.8, 4) is 5.75 Å². The fourth-order valence-corrected chi connectivity index (χ4v) is 8.54. The van der Waals surface area contributed by atoms with Gasteiger partial charge in [0, 0.05) is 63.3 Å². The van der Waals surface area contributed by atoms with Crippen LogP contribution in [0.2, 0.25) is 0 Å². The third-order valence-corrected chi connectivity index (χ3v) is 11.1. The van der Waals surface area contributed by atoms with Gasteiger partial charge in [0.05, 0.1) is 15.5 Å². The average molecular weight is 776 g/mol. The van der Waals surface area contributed by atoms with Crippen molar-refractivity contribution in [2.75, 3.05) is 51.1 Å². The number of anilines is 1. The first-order valence-corrected chi connectivity index (χ1v) is 18.1. The van der Waals surface area contributed by atoms with Crippen LogP contribution in [-0.4, -0.2) is 113 Å². The number of ether oxygens (including phenoxy) is 1. The maximum absolute atomic E-state index is 14.0. The van der Waals surface area contributed by atoms with Crippen LogP contribution in [0, 0.1) is 0 Å². The number of phenols is 1. The molecule has 0 aliphatic carbocycles. The molecule has 0 spiro atoms. The van der Waals surface area contributed by atoms with Gasteiger partial charge in [0.25, 0.3) is 5.91 Å². The summed E-state index contributed by atoms with van der Waals surface area (Å²) in [7, 11) is 0. The Kier molecular flexibility index (Phi) is 10.7. The third kappa shape index (κ3) is 7.94. The van der Waals surface area contributed by atoms with E-state index in [1.165, 1.54) is 0 Å². The van der Waals surface area contributed by atoms with E-state index in [2.05, 4.69) is 42.1 Å². The van der Waals surface area contributed by atoms with Gasteiger partial charge >= 0.3 is 12.1 Å². The first kappa shape index (κ1) is 33.7. The molecule has 0 aromatic heterocycles. The van der Waals surface area contributed by atoms with E-state index in [0.29, 0.717) is 67.5 Å². The van der Waals surface area contributed by atoms with Crippen LogP contribution in [0.1, 0.15) is 49.7 Å². The number of halogens is 2. The Labute approximate surface area is 291 Å². The number of likely N-dealkylation sites (tertiary alicyclic amines) is 3. The Morgan fingerprint density at radius 2 is 1.55 bits per heavy atom. The molecule has 3 saturated heterocycles. The minimum atomic E-state index is -1.05. The van der Waals surface area contributed by atoms with E-state index in [1.807, 2.05) is 29.2 Å². The summed E-state index contributed by atoms with van der Waals surface area (Å²) in [5, 5.41) is 13.3. The number of ketones is 1. The molecule has 2 aromatic carbocycles. The van der Waals surface area contributed by atoms with Gasteiger partial charge in [-0.25, -0.2) is 9.59 Å². The monoisotopic (exact) mass is 773 g/mol. The summed E-state index contributed by atoms with van der Waals surface area (Å²) in [6.07, 6.45) is 3.58. The summed E-state index contributed by atoms with van der Waals surface area (Å²) in [6.45, 7) is 3.88. The number of carbonyl (C=O) groups is 4. The lowest BCUT2D eigenvalue weighted by molar-refractivity contribution is -0.143. The molecule has 3 fully saturated rings. The fraction of sp³-hybridized carbons (Fsp3) is 0.529. The van der Waals surface area contributed by atoms with Gasteiger partial charge < -0.3 is 29.9 Å². The predicted molar refractivity (Wildman–Crippen MR) is 183 cm³/mol. The van der Waals surface area contributed by atoms with Crippen LogP contribution in [0.25, 0.3) is 0 Å². The summed E-state index contributed by atoms with van der Waals surface area (Å²) in [5.74, 6) is 0.0801. The van der Waals surface area contributed by atoms with Crippen LogP contribution in [0.5, 0.6) is 5.75 Å². The molecule has 0 radical (unpaired) electrons. The molecular formula is C34H41Br2N5O6. The normalized spacial score (nSPS) is 20.8. The number of aromatic hydroxyl groups is 1. The summed E-state index contributed by atoms with van der Waals surface area (Å²) in [4.78, 5) is 60.1. The van der Waals surface area contributed by atoms with E-state index >= 15 is 0 Å². The van der Waals surface area contributed by atoms with Crippen molar-refractivity contribution in [1.82, 2.24) is 19.6 Å². The van der Waals surface area contributed by atoms with Gasteiger partial charge in [0.15, 0.2) is 6.10 Å². The molecule has 2 aromatic rings. The molecule has 47 heavy (non-hydrogen) atoms. The number of phenolic OH excluding ortho intramolecular Hbond substituents is 1. The topological polar surface area (TPSA) is 123 Å². The summed E-state index contributed by atoms with van der Waals surface area (Å²) < 4.78 is 6.94. The second kappa shape index (κ2) is 14.9. The quantitative estimate of drug-likeness (QED) is 0.415. The molecular weight excluding hydrogens is 734 g/mol. The van der Waals surface area contributed by atoms with Gasteiger partial charge in [-0.1, -0.05) is 18.2 Å². The van der Waals surface area contributed by atoms with E-state index in [-0.39, 0.29) is 42.0 Å². The highest BCUT2D eigenvalue weighted by atomic mass is 79.9. The number of rotatable bonds is 6. The smallest absolute Gasteiger partial charge is 0.410 e. The number of nitrogens with one attached hydrogen (secondary N) is 1. The number of piperidine rings is 3. The first-order chi connectivity index (χ1) is 22.7. The number of carbonyl (C=O) groups excluding carboxylic acids is 4. The van der Waals surface area contributed by atoms with Crippen molar-refractivity contribution < 1.29 is 29.0 Å². The van der Waals surface area contributed by atoms with Crippen LogP contribution in [0.15, 0.2) is 45.3 Å². The van der Waals surface area contributed by atoms with Gasteiger partial charge in [0.1, 0.15) is 11.5 Å². The van der Waals surface area contributed by atoms with Crippen molar-refractivity contribution in [1.29, 1.82) is 0 Å². The molecule has 0 saturated carbocycles. The largest absolute Gasteiger partial charge is 0.506 e. The number of hydrogen-bond acceptors (Lipinski definition) is 7. The number of urea groups is 1. The van der Waals surface area contributed by atoms with Crippen LogP contribution in [0.4, 0.5) is 15.3 Å². The number of amides is 4. The highest BCUT2D eigenvalue weighted by Crippen LogP contribution is 2.34. The zero-order chi connectivity index (χ0) is 33.1. The molecule has 0 bridgehead atoms. The van der Waals surface area contributed by atoms with Crippen LogP contribution >= 0.6 is 31.9 Å². The molecule has 4 amide bonds. The second-order valence-corrected chi connectivity index (χ2v) is 14.6. The SMILES string of the molecule is O=C1CCCN(C2CCN(C(=O)[C@@H](Cc3cc(Br)c(O)c(Br)c3)OC(=O)N3CCC(N4CCc5ccccc5NC4=O)CC3)CC2)C1. The number of benzene rings is 2. The maximum Gasteiger partial charge on any atom is 0.410 e. The number of Topliss-reactive ketones (excluding diaryl/α,β-unsaturated/α-hetero) is 1. The standard InChI is InChI=1S/C34H41Br2N5O6/c35-27-18-22(19-28(36)31(27)43)20-30(32(44)38-13-8-24(9-14-38)40-12-3-5-26(42)21-40)47-34(46)39-15-10-25(11-16-39)41-17-7-23-4-1-2-6-29(23)37-33(41)45/h1-2,4,6,18-19,24-25,30,43H,3,5,7-17,20-21H2,(H,37,45)/t30-/m1/s1. The predicted octanol–water partition coefficient (Wildman–Crippen LogP) is 5.18. The molecule has 4 heterocycles. The molecule has 4 aliphatic heterocycles. The number of hydrogen-bond donors (Lipinski definition) is 2. The molecule has 2 N–H and O–H groups in total. The van der Waals surface area contributed by atoms with E-state index in [4.69, 9.17) is 4.74 Å². The van der Waals surface area contributed by atoms with Crippen molar-refractivity contribution in [2.45, 2.75) is 69.6 Å². The lowest BCUT2D eigenvalue weighted by Crippen LogP contribution is -2.53. The van der Waals surface area contributed by atoms with Gasteiger partial charge in [0.2, 0.25) is 0 Å². The van der Waals surface area contributed by atoms with Crippen LogP contribution in [0.3, 0.4) is 0 Å². The fourth-order valence-electron chi connectivity index (χ4n) is 7.25. The van der Waals surface area contributed by atoms with Crippen molar-refractivity contribution in [3.63, 3.8) is 0 Å². The number of para-hydroxylation sites is 1. The molecule has 11 nitrogen and oxygen atoms in total. The van der Waals surface area contributed by atoms with Gasteiger partial charge in [-0.3, -0.25) is 14.5 Å². The molecule has 4 aliphatic rings. The minimum absolute atomic E-state index is 0.00557.